The lowest BCUT2D eigenvalue weighted by molar-refractivity contribution is -0.150. The molecule has 1 N–H and O–H groups in total. The number of nitrogens with zero attached hydrogens (tertiary/aromatic N) is 3. The Labute approximate surface area is 161 Å². The third kappa shape index (κ3) is 4.22. The van der Waals surface area contributed by atoms with Crippen LogP contribution in [0, 0.1) is 0 Å². The molecule has 2 aliphatic rings. The molecule has 1 aromatic carbocycles. The van der Waals surface area contributed by atoms with Crippen molar-refractivity contribution >= 4 is 22.6 Å². The van der Waals surface area contributed by atoms with Crippen LogP contribution < -0.4 is 10.2 Å². The van der Waals surface area contributed by atoms with Crippen LogP contribution in [-0.4, -0.2) is 60.2 Å². The highest BCUT2D eigenvalue weighted by atomic mass is 19.4. The number of amides is 1. The zero-order chi connectivity index (χ0) is 19.9. The Bertz CT molecular complexity index is 881. The predicted molar refractivity (Wildman–Crippen MR) is 102 cm³/mol. The van der Waals surface area contributed by atoms with Gasteiger partial charge in [0.2, 0.25) is 0 Å². The van der Waals surface area contributed by atoms with E-state index >= 15 is 0 Å². The maximum absolute atomic E-state index is 12.7. The van der Waals surface area contributed by atoms with Gasteiger partial charge in [-0.1, -0.05) is 18.2 Å². The molecule has 4 rings (SSSR count). The van der Waals surface area contributed by atoms with Crippen molar-refractivity contribution < 1.29 is 18.0 Å². The Morgan fingerprint density at radius 3 is 2.68 bits per heavy atom. The van der Waals surface area contributed by atoms with Gasteiger partial charge in [0.25, 0.3) is 5.91 Å². The first-order chi connectivity index (χ1) is 13.3. The normalized spacial score (nSPS) is 21.1. The second kappa shape index (κ2) is 7.24. The lowest BCUT2D eigenvalue weighted by atomic mass is 10.1. The number of carbonyl (C=O) groups is 1. The summed E-state index contributed by atoms with van der Waals surface area (Å²) in [5, 5.41) is 3.80. The molecule has 150 valence electrons. The third-order valence-corrected chi connectivity index (χ3v) is 5.33. The van der Waals surface area contributed by atoms with Crippen LogP contribution in [-0.2, 0) is 0 Å². The molecule has 2 aromatic rings. The lowest BCUT2D eigenvalue weighted by Crippen LogP contribution is -2.54. The topological polar surface area (TPSA) is 48.5 Å². The van der Waals surface area contributed by atoms with Crippen LogP contribution in [0.25, 0.3) is 10.9 Å². The number of hydrogen-bond acceptors (Lipinski definition) is 4. The summed E-state index contributed by atoms with van der Waals surface area (Å²) in [6, 6.07) is 9.22. The lowest BCUT2D eigenvalue weighted by Gasteiger charge is -2.40. The van der Waals surface area contributed by atoms with Gasteiger partial charge in [0, 0.05) is 37.1 Å². The van der Waals surface area contributed by atoms with Crippen molar-refractivity contribution in [2.75, 3.05) is 31.1 Å². The molecule has 28 heavy (non-hydrogen) atoms. The first-order valence-corrected chi connectivity index (χ1v) is 9.56. The molecule has 0 bridgehead atoms. The van der Waals surface area contributed by atoms with E-state index in [9.17, 15) is 18.0 Å². The third-order valence-electron chi connectivity index (χ3n) is 5.33. The number of carbonyl (C=O) groups excluding carboxylic acids is 1. The van der Waals surface area contributed by atoms with Crippen LogP contribution >= 0.6 is 0 Å². The van der Waals surface area contributed by atoms with Crippen molar-refractivity contribution in [1.29, 1.82) is 0 Å². The molecule has 1 aliphatic carbocycles. The summed E-state index contributed by atoms with van der Waals surface area (Å²) in [5.41, 5.74) is 1.28. The van der Waals surface area contributed by atoms with E-state index in [1.165, 1.54) is 4.90 Å². The molecule has 1 atom stereocenters. The van der Waals surface area contributed by atoms with Crippen molar-refractivity contribution in [2.45, 2.75) is 38.0 Å². The standard InChI is InChI=1S/C20H23F3N4O/c1-13-11-26(8-9-27(13)12-20(21,22)23)18-10-16(19(28)24-14-6-7-14)15-4-2-3-5-17(15)25-18/h2-5,10,13-14H,6-9,11-12H2,1H3,(H,24,28). The summed E-state index contributed by atoms with van der Waals surface area (Å²) in [7, 11) is 0. The second-order valence-corrected chi connectivity index (χ2v) is 7.67. The number of pyridine rings is 1. The first-order valence-electron chi connectivity index (χ1n) is 9.56. The minimum atomic E-state index is -4.20. The fourth-order valence-corrected chi connectivity index (χ4v) is 3.67. The smallest absolute Gasteiger partial charge is 0.354 e. The van der Waals surface area contributed by atoms with Crippen molar-refractivity contribution in [1.82, 2.24) is 15.2 Å². The predicted octanol–water partition coefficient (Wildman–Crippen LogP) is 3.20. The van der Waals surface area contributed by atoms with Gasteiger partial charge in [-0.05, 0) is 31.9 Å². The van der Waals surface area contributed by atoms with Crippen molar-refractivity contribution in [2.24, 2.45) is 0 Å². The molecule has 2 heterocycles. The number of piperazine rings is 1. The molecule has 1 amide bonds. The zero-order valence-corrected chi connectivity index (χ0v) is 15.7. The van der Waals surface area contributed by atoms with Crippen molar-refractivity contribution in [3.8, 4) is 0 Å². The van der Waals surface area contributed by atoms with Gasteiger partial charge < -0.3 is 10.2 Å². The number of benzene rings is 1. The highest BCUT2D eigenvalue weighted by Crippen LogP contribution is 2.27. The average molecular weight is 392 g/mol. The quantitative estimate of drug-likeness (QED) is 0.868. The number of aromatic nitrogens is 1. The van der Waals surface area contributed by atoms with E-state index < -0.39 is 12.7 Å². The largest absolute Gasteiger partial charge is 0.401 e. The number of anilines is 1. The summed E-state index contributed by atoms with van der Waals surface area (Å²) < 4.78 is 38.2. The number of rotatable bonds is 4. The molecule has 1 saturated heterocycles. The highest BCUT2D eigenvalue weighted by Gasteiger charge is 2.35. The maximum Gasteiger partial charge on any atom is 0.401 e. The van der Waals surface area contributed by atoms with Crippen molar-refractivity contribution in [3.63, 3.8) is 0 Å². The van der Waals surface area contributed by atoms with E-state index in [0.29, 0.717) is 36.5 Å². The summed E-state index contributed by atoms with van der Waals surface area (Å²) in [4.78, 5) is 20.8. The summed E-state index contributed by atoms with van der Waals surface area (Å²) in [6.45, 7) is 2.07. The zero-order valence-electron chi connectivity index (χ0n) is 15.7. The molecule has 1 aromatic heterocycles. The molecule has 0 spiro atoms. The van der Waals surface area contributed by atoms with Crippen LogP contribution in [0.1, 0.15) is 30.1 Å². The Hall–Kier alpha value is -2.35. The molecule has 5 nitrogen and oxygen atoms in total. The van der Waals surface area contributed by atoms with Crippen molar-refractivity contribution in [3.05, 3.63) is 35.9 Å². The van der Waals surface area contributed by atoms with Gasteiger partial charge >= 0.3 is 6.18 Å². The van der Waals surface area contributed by atoms with Gasteiger partial charge in [-0.2, -0.15) is 13.2 Å². The Morgan fingerprint density at radius 2 is 2.00 bits per heavy atom. The number of hydrogen-bond donors (Lipinski definition) is 1. The van der Waals surface area contributed by atoms with Gasteiger partial charge in [0.15, 0.2) is 0 Å². The molecule has 0 radical (unpaired) electrons. The number of para-hydroxylation sites is 1. The Kier molecular flexibility index (Phi) is 4.91. The highest BCUT2D eigenvalue weighted by molar-refractivity contribution is 6.07. The Balaban J connectivity index is 1.59. The van der Waals surface area contributed by atoms with E-state index in [4.69, 9.17) is 0 Å². The molecule has 1 saturated carbocycles. The van der Waals surface area contributed by atoms with Gasteiger partial charge in [-0.25, -0.2) is 4.98 Å². The monoisotopic (exact) mass is 392 g/mol. The average Bonchev–Trinajstić information content (AvgIpc) is 3.45. The summed E-state index contributed by atoms with van der Waals surface area (Å²) in [6.07, 6.45) is -2.20. The SMILES string of the molecule is CC1CN(c2cc(C(=O)NC3CC3)c3ccccc3n2)CCN1CC(F)(F)F. The van der Waals surface area contributed by atoms with Gasteiger partial charge in [0.05, 0.1) is 17.6 Å². The molecule has 1 aliphatic heterocycles. The summed E-state index contributed by atoms with van der Waals surface area (Å²) in [5.74, 6) is 0.518. The number of nitrogens with one attached hydrogen (secondary N) is 1. The van der Waals surface area contributed by atoms with E-state index in [0.717, 1.165) is 18.2 Å². The summed E-state index contributed by atoms with van der Waals surface area (Å²) >= 11 is 0. The van der Waals surface area contributed by atoms with Gasteiger partial charge in [0.1, 0.15) is 5.82 Å². The van der Waals surface area contributed by atoms with E-state index in [2.05, 4.69) is 10.3 Å². The minimum absolute atomic E-state index is 0.119. The van der Waals surface area contributed by atoms with Crippen LogP contribution in [0.2, 0.25) is 0 Å². The maximum atomic E-state index is 12.7. The molecule has 1 unspecified atom stereocenters. The molecule has 8 heteroatoms. The van der Waals surface area contributed by atoms with Crippen LogP contribution in [0.15, 0.2) is 30.3 Å². The fraction of sp³-hybridized carbons (Fsp3) is 0.500. The van der Waals surface area contributed by atoms with Gasteiger partial charge in [-0.15, -0.1) is 0 Å². The molecule has 2 fully saturated rings. The fourth-order valence-electron chi connectivity index (χ4n) is 3.67. The molecular formula is C20H23F3N4O. The molecular weight excluding hydrogens is 369 g/mol. The van der Waals surface area contributed by atoms with E-state index in [1.807, 2.05) is 29.2 Å². The van der Waals surface area contributed by atoms with Crippen LogP contribution in [0.3, 0.4) is 0 Å². The van der Waals surface area contributed by atoms with E-state index in [-0.39, 0.29) is 18.0 Å². The van der Waals surface area contributed by atoms with E-state index in [1.54, 1.807) is 13.0 Å². The number of halogens is 3. The number of alkyl halides is 3. The van der Waals surface area contributed by atoms with Gasteiger partial charge in [-0.3, -0.25) is 9.69 Å². The van der Waals surface area contributed by atoms with Crippen LogP contribution in [0.4, 0.5) is 19.0 Å². The minimum Gasteiger partial charge on any atom is -0.354 e. The Morgan fingerprint density at radius 1 is 1.25 bits per heavy atom. The number of fused-ring (bicyclic) bond motifs is 1. The first kappa shape index (κ1) is 19.0. The second-order valence-electron chi connectivity index (χ2n) is 7.67. The van der Waals surface area contributed by atoms with Crippen LogP contribution in [0.5, 0.6) is 0 Å².